The molecule has 2 rings (SSSR count). The number of hydrogen-bond donors (Lipinski definition) is 1. The molecule has 1 fully saturated rings. The Morgan fingerprint density at radius 2 is 2.07 bits per heavy atom. The van der Waals surface area contributed by atoms with E-state index in [1.807, 2.05) is 36.4 Å². The van der Waals surface area contributed by atoms with Gasteiger partial charge in [0, 0.05) is 12.8 Å². The molecule has 2 atom stereocenters. The first-order chi connectivity index (χ1) is 14.5. The third-order valence-electron chi connectivity index (χ3n) is 4.59. The van der Waals surface area contributed by atoms with Crippen LogP contribution in [0.2, 0.25) is 0 Å². The third-order valence-corrected chi connectivity index (χ3v) is 4.59. The Kier molecular flexibility index (Phi) is 10.1. The molecule has 6 nitrogen and oxygen atoms in total. The zero-order valence-electron chi connectivity index (χ0n) is 17.8. The molecule has 1 heterocycles. The first-order valence-corrected chi connectivity index (χ1v) is 10.4. The Balaban J connectivity index is 1.81. The first kappa shape index (κ1) is 23.7. The highest BCUT2D eigenvalue weighted by molar-refractivity contribution is 5.78. The van der Waals surface area contributed by atoms with Crippen LogP contribution >= 0.6 is 0 Å². The second-order valence-electron chi connectivity index (χ2n) is 7.51. The van der Waals surface area contributed by atoms with Gasteiger partial charge in [0.05, 0.1) is 24.8 Å². The standard InChI is InChI=1S/C24H31NO5/c1-19(2)30-24(28)18-29-16-7-6-15-25-21(11-8-12-23(25)27)13-14-22(26)17-20-9-4-3-5-10-20/h3-5,9-10,13-14,19,21-22,26H,8,11-12,15-18H2,1-2H3/b14-13+/t21?,22-/m0/s1. The molecule has 0 radical (unpaired) electrons. The lowest BCUT2D eigenvalue weighted by atomic mass is 9.99. The van der Waals surface area contributed by atoms with Crippen LogP contribution in [-0.2, 0) is 25.5 Å². The van der Waals surface area contributed by atoms with Crippen LogP contribution in [0.15, 0.2) is 42.5 Å². The van der Waals surface area contributed by atoms with Crippen molar-refractivity contribution >= 4 is 11.9 Å². The molecule has 6 heteroatoms. The number of benzene rings is 1. The van der Waals surface area contributed by atoms with E-state index in [1.165, 1.54) is 0 Å². The van der Waals surface area contributed by atoms with E-state index >= 15 is 0 Å². The zero-order valence-corrected chi connectivity index (χ0v) is 17.8. The number of likely N-dealkylation sites (tertiary alicyclic amines) is 1. The smallest absolute Gasteiger partial charge is 0.332 e. The summed E-state index contributed by atoms with van der Waals surface area (Å²) in [6.07, 6.45) is 5.62. The summed E-state index contributed by atoms with van der Waals surface area (Å²) < 4.78 is 10.1. The maximum atomic E-state index is 12.3. The third kappa shape index (κ3) is 8.81. The van der Waals surface area contributed by atoms with Gasteiger partial charge >= 0.3 is 5.97 Å². The number of carbonyl (C=O) groups is 2. The molecule has 1 saturated heterocycles. The molecule has 0 aliphatic carbocycles. The molecule has 1 aromatic rings. The Hall–Kier alpha value is -2.62. The summed E-state index contributed by atoms with van der Waals surface area (Å²) in [4.78, 5) is 25.4. The maximum Gasteiger partial charge on any atom is 0.332 e. The van der Waals surface area contributed by atoms with E-state index in [4.69, 9.17) is 9.47 Å². The Morgan fingerprint density at radius 3 is 2.80 bits per heavy atom. The van der Waals surface area contributed by atoms with Gasteiger partial charge in [-0.15, -0.1) is 0 Å². The van der Waals surface area contributed by atoms with E-state index in [0.29, 0.717) is 19.4 Å². The lowest BCUT2D eigenvalue weighted by Gasteiger charge is -2.32. The Labute approximate surface area is 178 Å². The fraction of sp³-hybridized carbons (Fsp3) is 0.500. The predicted molar refractivity (Wildman–Crippen MR) is 114 cm³/mol. The van der Waals surface area contributed by atoms with E-state index in [-0.39, 0.29) is 31.3 Å². The van der Waals surface area contributed by atoms with Crippen molar-refractivity contribution in [2.45, 2.75) is 57.8 Å². The van der Waals surface area contributed by atoms with Crippen LogP contribution in [0, 0.1) is 11.8 Å². The van der Waals surface area contributed by atoms with Gasteiger partial charge in [0.2, 0.25) is 5.91 Å². The number of nitrogens with zero attached hydrogens (tertiary/aromatic N) is 1. The summed E-state index contributed by atoms with van der Waals surface area (Å²) in [5.41, 5.74) is 1.06. The first-order valence-electron chi connectivity index (χ1n) is 10.4. The van der Waals surface area contributed by atoms with Crippen LogP contribution in [0.4, 0.5) is 0 Å². The van der Waals surface area contributed by atoms with Crippen molar-refractivity contribution in [2.75, 3.05) is 19.8 Å². The number of ether oxygens (including phenoxy) is 2. The van der Waals surface area contributed by atoms with Crippen LogP contribution in [0.25, 0.3) is 0 Å². The molecule has 1 aliphatic heterocycles. The Morgan fingerprint density at radius 1 is 1.30 bits per heavy atom. The second kappa shape index (κ2) is 12.8. The highest BCUT2D eigenvalue weighted by Crippen LogP contribution is 2.19. The van der Waals surface area contributed by atoms with Crippen molar-refractivity contribution in [1.29, 1.82) is 0 Å². The summed E-state index contributed by atoms with van der Waals surface area (Å²) in [5.74, 6) is 5.41. The maximum absolute atomic E-state index is 12.3. The topological polar surface area (TPSA) is 76.1 Å². The second-order valence-corrected chi connectivity index (χ2v) is 7.51. The van der Waals surface area contributed by atoms with Crippen LogP contribution in [0.3, 0.4) is 0 Å². The molecular weight excluding hydrogens is 382 g/mol. The van der Waals surface area contributed by atoms with E-state index in [2.05, 4.69) is 11.8 Å². The lowest BCUT2D eigenvalue weighted by molar-refractivity contribution is -0.152. The molecule has 0 spiro atoms. The molecule has 0 saturated carbocycles. The highest BCUT2D eigenvalue weighted by Gasteiger charge is 2.25. The van der Waals surface area contributed by atoms with Crippen molar-refractivity contribution in [2.24, 2.45) is 0 Å². The molecule has 1 amide bonds. The van der Waals surface area contributed by atoms with Gasteiger partial charge in [-0.25, -0.2) is 4.79 Å². The van der Waals surface area contributed by atoms with Gasteiger partial charge in [-0.05, 0) is 32.3 Å². The monoisotopic (exact) mass is 413 g/mol. The van der Waals surface area contributed by atoms with Crippen molar-refractivity contribution in [1.82, 2.24) is 4.90 Å². The van der Waals surface area contributed by atoms with Crippen LogP contribution in [0.1, 0.15) is 38.7 Å². The zero-order chi connectivity index (χ0) is 21.8. The average molecular weight is 414 g/mol. The minimum Gasteiger partial charge on any atom is -0.461 e. The number of esters is 1. The fourth-order valence-corrected chi connectivity index (χ4v) is 3.21. The van der Waals surface area contributed by atoms with Crippen LogP contribution in [0.5, 0.6) is 0 Å². The normalized spacial score (nSPS) is 17.7. The van der Waals surface area contributed by atoms with Crippen molar-refractivity contribution < 1.29 is 24.2 Å². The minimum absolute atomic E-state index is 0.0594. The van der Waals surface area contributed by atoms with Gasteiger partial charge in [0.15, 0.2) is 0 Å². The van der Waals surface area contributed by atoms with Crippen LogP contribution < -0.4 is 0 Å². The molecule has 162 valence electrons. The van der Waals surface area contributed by atoms with Crippen molar-refractivity contribution in [3.63, 3.8) is 0 Å². The summed E-state index contributed by atoms with van der Waals surface area (Å²) in [6, 6.07) is 9.72. The minimum atomic E-state index is -0.601. The lowest BCUT2D eigenvalue weighted by Crippen LogP contribution is -2.42. The molecule has 0 aromatic heterocycles. The molecule has 1 aliphatic rings. The molecule has 1 aromatic carbocycles. The van der Waals surface area contributed by atoms with E-state index in [1.54, 1.807) is 24.8 Å². The van der Waals surface area contributed by atoms with Gasteiger partial charge in [0.25, 0.3) is 0 Å². The number of carbonyl (C=O) groups excluding carboxylic acids is 2. The SMILES string of the molecule is CC(C)OC(=O)COCC#CCN1C(=O)CCCC1/C=C/[C@H](O)Cc1ccccc1. The highest BCUT2D eigenvalue weighted by atomic mass is 16.6. The van der Waals surface area contributed by atoms with Crippen LogP contribution in [-0.4, -0.2) is 59.9 Å². The number of amides is 1. The van der Waals surface area contributed by atoms with Gasteiger partial charge in [0.1, 0.15) is 13.2 Å². The summed E-state index contributed by atoms with van der Waals surface area (Å²) in [5, 5.41) is 10.3. The molecule has 1 unspecified atom stereocenters. The number of rotatable bonds is 9. The molecule has 30 heavy (non-hydrogen) atoms. The number of piperidine rings is 1. The van der Waals surface area contributed by atoms with E-state index in [0.717, 1.165) is 18.4 Å². The number of hydrogen-bond acceptors (Lipinski definition) is 5. The molecule has 1 N–H and O–H groups in total. The van der Waals surface area contributed by atoms with E-state index in [9.17, 15) is 14.7 Å². The molecular formula is C24H31NO5. The number of aliphatic hydroxyl groups excluding tert-OH is 1. The van der Waals surface area contributed by atoms with Crippen molar-refractivity contribution in [3.8, 4) is 11.8 Å². The predicted octanol–water partition coefficient (Wildman–Crippen LogP) is 2.50. The van der Waals surface area contributed by atoms with Crippen molar-refractivity contribution in [3.05, 3.63) is 48.0 Å². The Bertz CT molecular complexity index is 763. The van der Waals surface area contributed by atoms with Gasteiger partial charge < -0.3 is 19.5 Å². The van der Waals surface area contributed by atoms with Gasteiger partial charge in [-0.2, -0.15) is 0 Å². The number of aliphatic hydroxyl groups is 1. The fourth-order valence-electron chi connectivity index (χ4n) is 3.21. The summed E-state index contributed by atoms with van der Waals surface area (Å²) in [7, 11) is 0. The summed E-state index contributed by atoms with van der Waals surface area (Å²) in [6.45, 7) is 3.81. The average Bonchev–Trinajstić information content (AvgIpc) is 2.70. The van der Waals surface area contributed by atoms with Gasteiger partial charge in [-0.1, -0.05) is 54.3 Å². The van der Waals surface area contributed by atoms with Gasteiger partial charge in [-0.3, -0.25) is 4.79 Å². The molecule has 0 bridgehead atoms. The van der Waals surface area contributed by atoms with E-state index < -0.39 is 12.1 Å². The largest absolute Gasteiger partial charge is 0.461 e. The quantitative estimate of drug-likeness (QED) is 0.291. The summed E-state index contributed by atoms with van der Waals surface area (Å²) >= 11 is 0.